The molecule has 4 heteroatoms. The van der Waals surface area contributed by atoms with Gasteiger partial charge in [0.05, 0.1) is 18.0 Å². The summed E-state index contributed by atoms with van der Waals surface area (Å²) >= 11 is 0. The molecule has 0 unspecified atom stereocenters. The number of hydrogen-bond acceptors (Lipinski definition) is 2. The summed E-state index contributed by atoms with van der Waals surface area (Å²) in [6, 6.07) is 15.9. The summed E-state index contributed by atoms with van der Waals surface area (Å²) in [7, 11) is 0. The molecule has 0 aliphatic heterocycles. The van der Waals surface area contributed by atoms with Crippen LogP contribution in [0.4, 0.5) is 4.39 Å². The van der Waals surface area contributed by atoms with E-state index in [4.69, 9.17) is 5.26 Å². The minimum absolute atomic E-state index is 0.253. The van der Waals surface area contributed by atoms with Gasteiger partial charge in [0.2, 0.25) is 0 Å². The monoisotopic (exact) mass is 303 g/mol. The first-order valence-electron chi connectivity index (χ1n) is 7.17. The van der Waals surface area contributed by atoms with Crippen LogP contribution in [0.5, 0.6) is 0 Å². The lowest BCUT2D eigenvalue weighted by atomic mass is 10.0. The van der Waals surface area contributed by atoms with Crippen molar-refractivity contribution in [3.63, 3.8) is 0 Å². The normalized spacial score (nSPS) is 11.2. The van der Waals surface area contributed by atoms with Crippen molar-refractivity contribution in [2.24, 2.45) is 0 Å². The van der Waals surface area contributed by atoms with Crippen LogP contribution in [0.1, 0.15) is 16.7 Å². The van der Waals surface area contributed by atoms with E-state index in [1.807, 2.05) is 29.0 Å². The van der Waals surface area contributed by atoms with E-state index in [1.165, 1.54) is 12.1 Å². The summed E-state index contributed by atoms with van der Waals surface area (Å²) in [6.45, 7) is 0.642. The SMILES string of the molecule is N#Cc1ccc(C(=Cc2ccc(F)cc2)Cn2ccnc2)cc1. The average Bonchev–Trinajstić information content (AvgIpc) is 3.09. The van der Waals surface area contributed by atoms with Gasteiger partial charge in [-0.15, -0.1) is 0 Å². The first kappa shape index (κ1) is 14.7. The molecule has 23 heavy (non-hydrogen) atoms. The molecule has 3 nitrogen and oxygen atoms in total. The van der Waals surface area contributed by atoms with Crippen LogP contribution < -0.4 is 0 Å². The van der Waals surface area contributed by atoms with Crippen LogP contribution in [0, 0.1) is 17.1 Å². The number of halogens is 1. The molecule has 0 aliphatic rings. The molecule has 3 aromatic rings. The van der Waals surface area contributed by atoms with Crippen molar-refractivity contribution in [2.75, 3.05) is 0 Å². The average molecular weight is 303 g/mol. The molecule has 0 atom stereocenters. The molecule has 0 amide bonds. The van der Waals surface area contributed by atoms with Gasteiger partial charge in [-0.05, 0) is 47.0 Å². The number of allylic oxidation sites excluding steroid dienone is 1. The highest BCUT2D eigenvalue weighted by molar-refractivity contribution is 5.81. The number of imidazole rings is 1. The van der Waals surface area contributed by atoms with Gasteiger partial charge in [0.15, 0.2) is 0 Å². The quantitative estimate of drug-likeness (QED) is 0.680. The fourth-order valence-electron chi connectivity index (χ4n) is 2.32. The molecule has 0 aliphatic carbocycles. The van der Waals surface area contributed by atoms with E-state index in [0.717, 1.165) is 16.7 Å². The van der Waals surface area contributed by atoms with E-state index in [9.17, 15) is 4.39 Å². The number of rotatable bonds is 4. The Balaban J connectivity index is 1.98. The predicted octanol–water partition coefficient (Wildman–Crippen LogP) is 4.13. The third-order valence-corrected chi connectivity index (χ3v) is 3.51. The zero-order valence-electron chi connectivity index (χ0n) is 12.4. The number of benzene rings is 2. The smallest absolute Gasteiger partial charge is 0.123 e. The van der Waals surface area contributed by atoms with Gasteiger partial charge in [0, 0.05) is 18.9 Å². The lowest BCUT2D eigenvalue weighted by molar-refractivity contribution is 0.628. The van der Waals surface area contributed by atoms with Gasteiger partial charge in [0.25, 0.3) is 0 Å². The maximum Gasteiger partial charge on any atom is 0.123 e. The largest absolute Gasteiger partial charge is 0.333 e. The van der Waals surface area contributed by atoms with Crippen LogP contribution in [-0.2, 0) is 6.54 Å². The van der Waals surface area contributed by atoms with E-state index >= 15 is 0 Å². The maximum atomic E-state index is 13.1. The lowest BCUT2D eigenvalue weighted by Crippen LogP contribution is -1.98. The Morgan fingerprint density at radius 1 is 1.13 bits per heavy atom. The molecule has 112 valence electrons. The second-order valence-electron chi connectivity index (χ2n) is 5.15. The fourth-order valence-corrected chi connectivity index (χ4v) is 2.32. The lowest BCUT2D eigenvalue weighted by Gasteiger charge is -2.10. The van der Waals surface area contributed by atoms with Gasteiger partial charge in [-0.25, -0.2) is 9.37 Å². The Labute approximate surface area is 134 Å². The number of aromatic nitrogens is 2. The topological polar surface area (TPSA) is 41.6 Å². The Morgan fingerprint density at radius 2 is 1.87 bits per heavy atom. The van der Waals surface area contributed by atoms with Gasteiger partial charge in [0.1, 0.15) is 5.82 Å². The van der Waals surface area contributed by atoms with Gasteiger partial charge in [-0.2, -0.15) is 5.26 Å². The van der Waals surface area contributed by atoms with E-state index in [2.05, 4.69) is 11.1 Å². The third kappa shape index (κ3) is 3.72. The van der Waals surface area contributed by atoms with Gasteiger partial charge < -0.3 is 4.57 Å². The number of nitriles is 1. The second-order valence-corrected chi connectivity index (χ2v) is 5.15. The molecule has 2 aromatic carbocycles. The van der Waals surface area contributed by atoms with Crippen LogP contribution in [0.3, 0.4) is 0 Å². The molecule has 0 radical (unpaired) electrons. The minimum atomic E-state index is -0.253. The summed E-state index contributed by atoms with van der Waals surface area (Å²) in [5.41, 5.74) is 3.62. The molecule has 3 rings (SSSR count). The van der Waals surface area contributed by atoms with Crippen LogP contribution in [0.15, 0.2) is 67.3 Å². The summed E-state index contributed by atoms with van der Waals surface area (Å²) in [4.78, 5) is 4.06. The summed E-state index contributed by atoms with van der Waals surface area (Å²) in [6.07, 6.45) is 7.39. The molecule has 0 saturated carbocycles. The fraction of sp³-hybridized carbons (Fsp3) is 0.0526. The highest BCUT2D eigenvalue weighted by atomic mass is 19.1. The van der Waals surface area contributed by atoms with E-state index in [-0.39, 0.29) is 5.82 Å². The molecule has 0 saturated heterocycles. The standard InChI is InChI=1S/C19H14FN3/c20-19-7-3-15(4-8-19)11-18(13-23-10-9-22-14-23)17-5-1-16(12-21)2-6-17/h1-11,14H,13H2. The Hall–Kier alpha value is -3.19. The van der Waals surface area contributed by atoms with Crippen molar-refractivity contribution in [1.82, 2.24) is 9.55 Å². The molecule has 0 bridgehead atoms. The molecular weight excluding hydrogens is 289 g/mol. The Kier molecular flexibility index (Phi) is 4.30. The van der Waals surface area contributed by atoms with Gasteiger partial charge in [-0.1, -0.05) is 24.3 Å². The first-order chi connectivity index (χ1) is 11.2. The maximum absolute atomic E-state index is 13.1. The summed E-state index contributed by atoms with van der Waals surface area (Å²) in [5, 5.41) is 8.92. The summed E-state index contributed by atoms with van der Waals surface area (Å²) < 4.78 is 15.0. The molecular formula is C19H14FN3. The predicted molar refractivity (Wildman–Crippen MR) is 87.7 cm³/mol. The molecule has 1 aromatic heterocycles. The van der Waals surface area contributed by atoms with Gasteiger partial charge in [-0.3, -0.25) is 0 Å². The Morgan fingerprint density at radius 3 is 2.48 bits per heavy atom. The highest BCUT2D eigenvalue weighted by Gasteiger charge is 2.04. The number of hydrogen-bond donors (Lipinski definition) is 0. The first-order valence-corrected chi connectivity index (χ1v) is 7.17. The molecule has 0 N–H and O–H groups in total. The van der Waals surface area contributed by atoms with Gasteiger partial charge >= 0.3 is 0 Å². The van der Waals surface area contributed by atoms with Crippen molar-refractivity contribution in [1.29, 1.82) is 5.26 Å². The third-order valence-electron chi connectivity index (χ3n) is 3.51. The molecule has 0 spiro atoms. The number of nitrogens with zero attached hydrogens (tertiary/aromatic N) is 3. The Bertz CT molecular complexity index is 839. The highest BCUT2D eigenvalue weighted by Crippen LogP contribution is 2.21. The van der Waals surface area contributed by atoms with Crippen LogP contribution >= 0.6 is 0 Å². The zero-order valence-corrected chi connectivity index (χ0v) is 12.4. The molecule has 1 heterocycles. The van der Waals surface area contributed by atoms with Crippen molar-refractivity contribution >= 4 is 11.6 Å². The van der Waals surface area contributed by atoms with E-state index in [0.29, 0.717) is 12.1 Å². The molecule has 0 fully saturated rings. The zero-order chi connectivity index (χ0) is 16.1. The van der Waals surface area contributed by atoms with Crippen molar-refractivity contribution < 1.29 is 4.39 Å². The van der Waals surface area contributed by atoms with Crippen LogP contribution in [0.2, 0.25) is 0 Å². The summed E-state index contributed by atoms with van der Waals surface area (Å²) in [5.74, 6) is -0.253. The van der Waals surface area contributed by atoms with Crippen LogP contribution in [0.25, 0.3) is 11.6 Å². The van der Waals surface area contributed by atoms with Crippen molar-refractivity contribution in [3.8, 4) is 6.07 Å². The van der Waals surface area contributed by atoms with E-state index < -0.39 is 0 Å². The van der Waals surface area contributed by atoms with Crippen molar-refractivity contribution in [2.45, 2.75) is 6.54 Å². The minimum Gasteiger partial charge on any atom is -0.333 e. The second kappa shape index (κ2) is 6.71. The van der Waals surface area contributed by atoms with Crippen molar-refractivity contribution in [3.05, 3.63) is 89.8 Å². The van der Waals surface area contributed by atoms with E-state index in [1.54, 1.807) is 36.8 Å². The van der Waals surface area contributed by atoms with Crippen LogP contribution in [-0.4, -0.2) is 9.55 Å².